The number of fused-ring (bicyclic) bond motifs is 1. The van der Waals surface area contributed by atoms with Crippen LogP contribution in [0.2, 0.25) is 0 Å². The summed E-state index contributed by atoms with van der Waals surface area (Å²) in [5.74, 6) is -0.289. The first kappa shape index (κ1) is 13.3. The van der Waals surface area contributed by atoms with E-state index in [-0.39, 0.29) is 5.91 Å². The molecule has 0 spiro atoms. The van der Waals surface area contributed by atoms with Crippen molar-refractivity contribution in [2.45, 2.75) is 19.3 Å². The van der Waals surface area contributed by atoms with Gasteiger partial charge in [-0.2, -0.15) is 5.26 Å². The normalized spacial score (nSPS) is 12.8. The van der Waals surface area contributed by atoms with Crippen LogP contribution in [-0.4, -0.2) is 10.9 Å². The van der Waals surface area contributed by atoms with Crippen molar-refractivity contribution in [3.05, 3.63) is 44.5 Å². The molecule has 20 heavy (non-hydrogen) atoms. The number of anilines is 1. The first-order chi connectivity index (χ1) is 9.69. The third kappa shape index (κ3) is 2.35. The number of hydrogen-bond donors (Lipinski definition) is 1. The Morgan fingerprint density at radius 3 is 3.05 bits per heavy atom. The van der Waals surface area contributed by atoms with Crippen LogP contribution >= 0.6 is 27.3 Å². The number of nitrogens with zero attached hydrogens (tertiary/aromatic N) is 2. The van der Waals surface area contributed by atoms with Crippen molar-refractivity contribution in [3.63, 3.8) is 0 Å². The maximum absolute atomic E-state index is 12.2. The molecular weight excluding hydrogens is 338 g/mol. The molecular formula is C14H10BrN3OS. The quantitative estimate of drug-likeness (QED) is 0.845. The predicted octanol–water partition coefficient (Wildman–Crippen LogP) is 3.52. The second-order valence-corrected chi connectivity index (χ2v) is 6.39. The number of pyridine rings is 1. The van der Waals surface area contributed by atoms with Crippen LogP contribution < -0.4 is 5.32 Å². The summed E-state index contributed by atoms with van der Waals surface area (Å²) >= 11 is 4.75. The van der Waals surface area contributed by atoms with Gasteiger partial charge in [0.25, 0.3) is 5.91 Å². The molecule has 2 aromatic rings. The standard InChI is InChI=1S/C14H10BrN3OS/c15-12-6-2-4-10(17-12)13(19)18-14-9(7-16)8-3-1-5-11(8)20-14/h2,4,6H,1,3,5H2,(H,18,19). The molecule has 2 aromatic heterocycles. The average molecular weight is 348 g/mol. The van der Waals surface area contributed by atoms with Crippen molar-refractivity contribution < 1.29 is 4.79 Å². The van der Waals surface area contributed by atoms with Gasteiger partial charge in [0.1, 0.15) is 21.4 Å². The molecule has 100 valence electrons. The number of rotatable bonds is 2. The van der Waals surface area contributed by atoms with E-state index in [1.807, 2.05) is 0 Å². The first-order valence-electron chi connectivity index (χ1n) is 6.17. The van der Waals surface area contributed by atoms with Gasteiger partial charge in [-0.25, -0.2) is 4.98 Å². The third-order valence-corrected chi connectivity index (χ3v) is 4.86. The number of carbonyl (C=O) groups is 1. The largest absolute Gasteiger partial charge is 0.311 e. The minimum absolute atomic E-state index is 0.289. The van der Waals surface area contributed by atoms with Crippen LogP contribution in [0, 0.1) is 11.3 Å². The Balaban J connectivity index is 1.89. The highest BCUT2D eigenvalue weighted by Crippen LogP contribution is 2.38. The molecule has 1 aliphatic carbocycles. The SMILES string of the molecule is N#Cc1c(NC(=O)c2cccc(Br)n2)sc2c1CCC2. The van der Waals surface area contributed by atoms with Crippen LogP contribution in [0.3, 0.4) is 0 Å². The highest BCUT2D eigenvalue weighted by molar-refractivity contribution is 9.10. The molecule has 1 aliphatic rings. The number of amides is 1. The lowest BCUT2D eigenvalue weighted by atomic mass is 10.1. The van der Waals surface area contributed by atoms with Gasteiger partial charge in [-0.1, -0.05) is 6.07 Å². The smallest absolute Gasteiger partial charge is 0.274 e. The van der Waals surface area contributed by atoms with Crippen molar-refractivity contribution in [2.24, 2.45) is 0 Å². The molecule has 2 heterocycles. The zero-order valence-electron chi connectivity index (χ0n) is 10.4. The Labute approximate surface area is 128 Å². The fraction of sp³-hybridized carbons (Fsp3) is 0.214. The molecule has 1 amide bonds. The number of nitriles is 1. The highest BCUT2D eigenvalue weighted by atomic mass is 79.9. The minimum atomic E-state index is -0.289. The molecule has 0 aromatic carbocycles. The van der Waals surface area contributed by atoms with Gasteiger partial charge in [-0.15, -0.1) is 11.3 Å². The number of aryl methyl sites for hydroxylation is 1. The van der Waals surface area contributed by atoms with Gasteiger partial charge in [-0.05, 0) is 52.9 Å². The number of carbonyl (C=O) groups excluding carboxylic acids is 1. The van der Waals surface area contributed by atoms with Crippen molar-refractivity contribution >= 4 is 38.2 Å². The van der Waals surface area contributed by atoms with Gasteiger partial charge in [0.2, 0.25) is 0 Å². The average Bonchev–Trinajstić information content (AvgIpc) is 2.98. The molecule has 0 saturated carbocycles. The monoisotopic (exact) mass is 347 g/mol. The summed E-state index contributed by atoms with van der Waals surface area (Å²) in [6.07, 6.45) is 3.02. The van der Waals surface area contributed by atoms with Crippen LogP contribution in [0.15, 0.2) is 22.8 Å². The van der Waals surface area contributed by atoms with E-state index in [1.54, 1.807) is 18.2 Å². The number of halogens is 1. The maximum atomic E-state index is 12.2. The zero-order chi connectivity index (χ0) is 14.1. The molecule has 1 N–H and O–H groups in total. The summed E-state index contributed by atoms with van der Waals surface area (Å²) in [6.45, 7) is 0. The van der Waals surface area contributed by atoms with E-state index in [0.717, 1.165) is 24.8 Å². The molecule has 6 heteroatoms. The molecule has 0 radical (unpaired) electrons. The summed E-state index contributed by atoms with van der Waals surface area (Å²) in [7, 11) is 0. The van der Waals surface area contributed by atoms with Gasteiger partial charge >= 0.3 is 0 Å². The topological polar surface area (TPSA) is 65.8 Å². The number of thiophene rings is 1. The van der Waals surface area contributed by atoms with E-state index in [2.05, 4.69) is 32.3 Å². The summed E-state index contributed by atoms with van der Waals surface area (Å²) in [4.78, 5) is 17.5. The Bertz CT molecular complexity index is 733. The van der Waals surface area contributed by atoms with E-state index in [9.17, 15) is 10.1 Å². The number of nitrogens with one attached hydrogen (secondary N) is 1. The molecule has 0 unspecified atom stereocenters. The lowest BCUT2D eigenvalue weighted by Gasteiger charge is -2.03. The lowest BCUT2D eigenvalue weighted by molar-refractivity contribution is 0.102. The second kappa shape index (κ2) is 5.35. The molecule has 3 rings (SSSR count). The summed E-state index contributed by atoms with van der Waals surface area (Å²) < 4.78 is 0.610. The van der Waals surface area contributed by atoms with Crippen LogP contribution in [0.25, 0.3) is 0 Å². The van der Waals surface area contributed by atoms with E-state index < -0.39 is 0 Å². The summed E-state index contributed by atoms with van der Waals surface area (Å²) in [5.41, 5.74) is 2.05. The third-order valence-electron chi connectivity index (χ3n) is 3.21. The molecule has 0 fully saturated rings. The van der Waals surface area contributed by atoms with Crippen molar-refractivity contribution in [3.8, 4) is 6.07 Å². The minimum Gasteiger partial charge on any atom is -0.311 e. The molecule has 0 bridgehead atoms. The van der Waals surface area contributed by atoms with Crippen LogP contribution in [-0.2, 0) is 12.8 Å². The summed E-state index contributed by atoms with van der Waals surface area (Å²) in [6, 6.07) is 7.37. The highest BCUT2D eigenvalue weighted by Gasteiger charge is 2.23. The van der Waals surface area contributed by atoms with Gasteiger partial charge in [0.15, 0.2) is 0 Å². The van der Waals surface area contributed by atoms with Gasteiger partial charge in [0, 0.05) is 4.88 Å². The lowest BCUT2D eigenvalue weighted by Crippen LogP contribution is -2.13. The first-order valence-corrected chi connectivity index (χ1v) is 7.78. The van der Waals surface area contributed by atoms with Gasteiger partial charge < -0.3 is 5.32 Å². The van der Waals surface area contributed by atoms with E-state index in [1.165, 1.54) is 16.2 Å². The van der Waals surface area contributed by atoms with E-state index in [0.29, 0.717) is 20.9 Å². The maximum Gasteiger partial charge on any atom is 0.274 e. The zero-order valence-corrected chi connectivity index (χ0v) is 12.8. The van der Waals surface area contributed by atoms with Gasteiger partial charge in [-0.3, -0.25) is 4.79 Å². The fourth-order valence-electron chi connectivity index (χ4n) is 2.31. The Morgan fingerprint density at radius 1 is 1.45 bits per heavy atom. The van der Waals surface area contributed by atoms with Crippen molar-refractivity contribution in [2.75, 3.05) is 5.32 Å². The molecule has 0 aliphatic heterocycles. The van der Waals surface area contributed by atoms with Crippen LogP contribution in [0.1, 0.15) is 32.9 Å². The number of hydrogen-bond acceptors (Lipinski definition) is 4. The second-order valence-electron chi connectivity index (χ2n) is 4.47. The van der Waals surface area contributed by atoms with E-state index >= 15 is 0 Å². The molecule has 0 atom stereocenters. The fourth-order valence-corrected chi connectivity index (χ4v) is 3.89. The molecule has 4 nitrogen and oxygen atoms in total. The Kier molecular flexibility index (Phi) is 3.55. The van der Waals surface area contributed by atoms with E-state index in [4.69, 9.17) is 0 Å². The Hall–Kier alpha value is -1.71. The summed E-state index contributed by atoms with van der Waals surface area (Å²) in [5, 5.41) is 12.7. The Morgan fingerprint density at radius 2 is 2.30 bits per heavy atom. The van der Waals surface area contributed by atoms with Crippen LogP contribution in [0.5, 0.6) is 0 Å². The van der Waals surface area contributed by atoms with Crippen molar-refractivity contribution in [1.82, 2.24) is 4.98 Å². The van der Waals surface area contributed by atoms with Crippen molar-refractivity contribution in [1.29, 1.82) is 5.26 Å². The number of aromatic nitrogens is 1. The predicted molar refractivity (Wildman–Crippen MR) is 80.9 cm³/mol. The molecule has 0 saturated heterocycles. The van der Waals surface area contributed by atoms with Gasteiger partial charge in [0.05, 0.1) is 5.56 Å². The van der Waals surface area contributed by atoms with Crippen LogP contribution in [0.4, 0.5) is 5.00 Å².